The molecule has 0 amide bonds. The lowest BCUT2D eigenvalue weighted by Crippen LogP contribution is -2.09. The molecule has 0 radical (unpaired) electrons. The number of aryl methyl sites for hydroxylation is 1. The maximum atomic E-state index is 5.88. The van der Waals surface area contributed by atoms with Crippen LogP contribution in [-0.2, 0) is 0 Å². The molecule has 17 heavy (non-hydrogen) atoms. The fraction of sp³-hybridized carbons (Fsp3) is 0.250. The Kier molecular flexibility index (Phi) is 3.19. The zero-order valence-corrected chi connectivity index (χ0v) is 10.9. The van der Waals surface area contributed by atoms with Crippen LogP contribution in [-0.4, -0.2) is 19.1 Å². The number of hydrogen-bond donors (Lipinski definition) is 1. The minimum absolute atomic E-state index is 0.630. The molecule has 2 N–H and O–H groups in total. The molecule has 5 heteroatoms. The smallest absolute Gasteiger partial charge is 0.189 e. The molecule has 0 aliphatic rings. The molecule has 2 aromatic rings. The number of benzene rings is 1. The summed E-state index contributed by atoms with van der Waals surface area (Å²) in [6.45, 7) is 1.98. The summed E-state index contributed by atoms with van der Waals surface area (Å²) >= 11 is 1.61. The van der Waals surface area contributed by atoms with Crippen LogP contribution < -0.4 is 15.4 Å². The highest BCUT2D eigenvalue weighted by Crippen LogP contribution is 2.31. The van der Waals surface area contributed by atoms with Crippen molar-refractivity contribution in [1.82, 2.24) is 4.98 Å². The lowest BCUT2D eigenvalue weighted by atomic mass is 10.2. The van der Waals surface area contributed by atoms with Crippen LogP contribution in [0.2, 0.25) is 0 Å². The Morgan fingerprint density at radius 3 is 2.71 bits per heavy atom. The third-order valence-corrected chi connectivity index (χ3v) is 3.53. The van der Waals surface area contributed by atoms with Gasteiger partial charge in [0, 0.05) is 18.1 Å². The molecule has 0 fully saturated rings. The van der Waals surface area contributed by atoms with E-state index in [2.05, 4.69) is 4.98 Å². The number of anilines is 3. The lowest BCUT2D eigenvalue weighted by molar-refractivity contribution is 0.417. The molecule has 90 valence electrons. The van der Waals surface area contributed by atoms with E-state index in [0.29, 0.717) is 11.4 Å². The maximum Gasteiger partial charge on any atom is 0.189 e. The van der Waals surface area contributed by atoms with Gasteiger partial charge in [0.05, 0.1) is 18.5 Å². The van der Waals surface area contributed by atoms with Gasteiger partial charge in [0.1, 0.15) is 5.75 Å². The van der Waals surface area contributed by atoms with Gasteiger partial charge in [-0.15, -0.1) is 11.3 Å². The van der Waals surface area contributed by atoms with Gasteiger partial charge in [-0.3, -0.25) is 0 Å². The van der Waals surface area contributed by atoms with E-state index >= 15 is 0 Å². The first-order chi connectivity index (χ1) is 8.11. The summed E-state index contributed by atoms with van der Waals surface area (Å²) in [5, 5.41) is 2.98. The first-order valence-electron chi connectivity index (χ1n) is 5.21. The van der Waals surface area contributed by atoms with Crippen LogP contribution in [0.3, 0.4) is 0 Å². The summed E-state index contributed by atoms with van der Waals surface area (Å²) in [6, 6.07) is 5.71. The van der Waals surface area contributed by atoms with Crippen molar-refractivity contribution >= 4 is 27.8 Å². The van der Waals surface area contributed by atoms with Crippen molar-refractivity contribution in [2.45, 2.75) is 6.92 Å². The highest BCUT2D eigenvalue weighted by molar-refractivity contribution is 7.13. The molecule has 0 atom stereocenters. The Balaban J connectivity index is 2.31. The molecule has 0 aliphatic heterocycles. The summed E-state index contributed by atoms with van der Waals surface area (Å²) in [6.07, 6.45) is 0. The molecular formula is C12H15N3OS. The Morgan fingerprint density at radius 1 is 1.41 bits per heavy atom. The molecule has 0 saturated carbocycles. The van der Waals surface area contributed by atoms with Gasteiger partial charge in [0.25, 0.3) is 0 Å². The number of methoxy groups -OCH3 is 1. The first kappa shape index (κ1) is 11.7. The molecule has 0 aliphatic carbocycles. The van der Waals surface area contributed by atoms with Crippen LogP contribution in [0.4, 0.5) is 16.5 Å². The zero-order valence-electron chi connectivity index (χ0n) is 10.1. The largest absolute Gasteiger partial charge is 0.495 e. The van der Waals surface area contributed by atoms with Gasteiger partial charge in [0.15, 0.2) is 5.13 Å². The van der Waals surface area contributed by atoms with Crippen molar-refractivity contribution in [1.29, 1.82) is 0 Å². The number of nitrogen functional groups attached to an aromatic ring is 1. The van der Waals surface area contributed by atoms with E-state index in [9.17, 15) is 0 Å². The standard InChI is InChI=1S/C12H15N3OS/c1-8-7-17-12(14-8)15(2)9-4-5-11(16-3)10(13)6-9/h4-7H,13H2,1-3H3. The van der Waals surface area contributed by atoms with Gasteiger partial charge in [0.2, 0.25) is 0 Å². The van der Waals surface area contributed by atoms with E-state index in [1.165, 1.54) is 0 Å². The van der Waals surface area contributed by atoms with Gasteiger partial charge >= 0.3 is 0 Å². The third kappa shape index (κ3) is 2.34. The van der Waals surface area contributed by atoms with Crippen molar-refractivity contribution in [3.63, 3.8) is 0 Å². The minimum Gasteiger partial charge on any atom is -0.495 e. The quantitative estimate of drug-likeness (QED) is 0.850. The van der Waals surface area contributed by atoms with Crippen LogP contribution in [0.15, 0.2) is 23.6 Å². The van der Waals surface area contributed by atoms with E-state index in [1.807, 2.05) is 42.5 Å². The van der Waals surface area contributed by atoms with Crippen molar-refractivity contribution in [2.24, 2.45) is 0 Å². The van der Waals surface area contributed by atoms with Gasteiger partial charge in [-0.25, -0.2) is 4.98 Å². The predicted octanol–water partition coefficient (Wildman–Crippen LogP) is 2.81. The number of ether oxygens (including phenoxy) is 1. The van der Waals surface area contributed by atoms with E-state index < -0.39 is 0 Å². The second kappa shape index (κ2) is 4.63. The lowest BCUT2D eigenvalue weighted by Gasteiger charge is -2.17. The Labute approximate surface area is 105 Å². The molecule has 0 unspecified atom stereocenters. The summed E-state index contributed by atoms with van der Waals surface area (Å²) < 4.78 is 5.13. The summed E-state index contributed by atoms with van der Waals surface area (Å²) in [7, 11) is 3.58. The molecule has 1 aromatic heterocycles. The Hall–Kier alpha value is -1.75. The summed E-state index contributed by atoms with van der Waals surface area (Å²) in [5.41, 5.74) is 8.54. The van der Waals surface area contributed by atoms with Crippen molar-refractivity contribution in [2.75, 3.05) is 24.8 Å². The highest BCUT2D eigenvalue weighted by Gasteiger charge is 2.09. The van der Waals surface area contributed by atoms with Crippen molar-refractivity contribution < 1.29 is 4.74 Å². The Bertz CT molecular complexity index is 524. The van der Waals surface area contributed by atoms with Gasteiger partial charge in [-0.05, 0) is 25.1 Å². The maximum absolute atomic E-state index is 5.88. The van der Waals surface area contributed by atoms with Gasteiger partial charge < -0.3 is 15.4 Å². The summed E-state index contributed by atoms with van der Waals surface area (Å²) in [4.78, 5) is 6.44. The molecule has 0 bridgehead atoms. The van der Waals surface area contributed by atoms with Crippen LogP contribution in [0, 0.1) is 6.92 Å². The number of nitrogens with two attached hydrogens (primary N) is 1. The molecule has 0 saturated heterocycles. The van der Waals surface area contributed by atoms with Gasteiger partial charge in [-0.1, -0.05) is 0 Å². The third-order valence-electron chi connectivity index (χ3n) is 2.49. The number of hydrogen-bond acceptors (Lipinski definition) is 5. The number of thiazole rings is 1. The molecule has 4 nitrogen and oxygen atoms in total. The normalized spacial score (nSPS) is 10.3. The van der Waals surface area contributed by atoms with Crippen LogP contribution in [0.25, 0.3) is 0 Å². The SMILES string of the molecule is COc1ccc(N(C)c2nc(C)cs2)cc1N. The van der Waals surface area contributed by atoms with E-state index in [4.69, 9.17) is 10.5 Å². The van der Waals surface area contributed by atoms with E-state index in [-0.39, 0.29) is 0 Å². The number of nitrogens with zero attached hydrogens (tertiary/aromatic N) is 2. The molecule has 1 aromatic carbocycles. The van der Waals surface area contributed by atoms with Crippen molar-refractivity contribution in [3.8, 4) is 5.75 Å². The topological polar surface area (TPSA) is 51.4 Å². The van der Waals surface area contributed by atoms with Crippen LogP contribution in [0.1, 0.15) is 5.69 Å². The number of aromatic nitrogens is 1. The van der Waals surface area contributed by atoms with E-state index in [0.717, 1.165) is 16.5 Å². The van der Waals surface area contributed by atoms with Crippen LogP contribution >= 0.6 is 11.3 Å². The monoisotopic (exact) mass is 249 g/mol. The molecule has 1 heterocycles. The van der Waals surface area contributed by atoms with Crippen LogP contribution in [0.5, 0.6) is 5.75 Å². The first-order valence-corrected chi connectivity index (χ1v) is 6.09. The number of rotatable bonds is 3. The second-order valence-electron chi connectivity index (χ2n) is 3.76. The average molecular weight is 249 g/mol. The molecule has 0 spiro atoms. The van der Waals surface area contributed by atoms with E-state index in [1.54, 1.807) is 18.4 Å². The fourth-order valence-corrected chi connectivity index (χ4v) is 2.33. The molecule has 2 rings (SSSR count). The fourth-order valence-electron chi connectivity index (χ4n) is 1.54. The Morgan fingerprint density at radius 2 is 2.18 bits per heavy atom. The van der Waals surface area contributed by atoms with Gasteiger partial charge in [-0.2, -0.15) is 0 Å². The molecular weight excluding hydrogens is 234 g/mol. The second-order valence-corrected chi connectivity index (χ2v) is 4.59. The van der Waals surface area contributed by atoms with Crippen molar-refractivity contribution in [3.05, 3.63) is 29.3 Å². The minimum atomic E-state index is 0.630. The average Bonchev–Trinajstić information content (AvgIpc) is 2.75. The summed E-state index contributed by atoms with van der Waals surface area (Å²) in [5.74, 6) is 0.692. The highest BCUT2D eigenvalue weighted by atomic mass is 32.1. The zero-order chi connectivity index (χ0) is 12.4. The predicted molar refractivity (Wildman–Crippen MR) is 72.3 cm³/mol.